The number of rotatable bonds is 4. The molecule has 1 heterocycles. The summed E-state index contributed by atoms with van der Waals surface area (Å²) in [5.74, 6) is -2.84. The lowest BCUT2D eigenvalue weighted by atomic mass is 10.0. The number of anilines is 1. The molecule has 1 rings (SSSR count). The minimum Gasteiger partial charge on any atom is -0.479 e. The Kier molecular flexibility index (Phi) is 3.66. The van der Waals surface area contributed by atoms with Crippen molar-refractivity contribution in [2.45, 2.75) is 25.6 Å². The highest BCUT2D eigenvalue weighted by Gasteiger charge is 2.58. The quantitative estimate of drug-likeness (QED) is 0.642. The van der Waals surface area contributed by atoms with Crippen molar-refractivity contribution in [3.05, 3.63) is 15.8 Å². The van der Waals surface area contributed by atoms with E-state index in [9.17, 15) is 28.1 Å². The molecule has 112 valence electrons. The Labute approximate surface area is 110 Å². The third-order valence-electron chi connectivity index (χ3n) is 2.74. The van der Waals surface area contributed by atoms with Gasteiger partial charge in [0, 0.05) is 7.05 Å². The number of halogens is 3. The van der Waals surface area contributed by atoms with Gasteiger partial charge in [-0.05, 0) is 13.8 Å². The Balaban J connectivity index is 3.41. The summed E-state index contributed by atoms with van der Waals surface area (Å²) in [6.45, 7) is 1.61. The van der Waals surface area contributed by atoms with Gasteiger partial charge < -0.3 is 10.4 Å². The fourth-order valence-corrected chi connectivity index (χ4v) is 1.49. The second-order valence-corrected chi connectivity index (χ2v) is 4.22. The lowest BCUT2D eigenvalue weighted by Crippen LogP contribution is -2.56. The normalized spacial score (nSPS) is 14.7. The Hall–Kier alpha value is -2.33. The lowest BCUT2D eigenvalue weighted by molar-refractivity contribution is -0.384. The van der Waals surface area contributed by atoms with E-state index in [-0.39, 0.29) is 5.69 Å². The van der Waals surface area contributed by atoms with Gasteiger partial charge in [0.1, 0.15) is 5.69 Å². The molecule has 0 saturated carbocycles. The van der Waals surface area contributed by atoms with Gasteiger partial charge in [0.15, 0.2) is 0 Å². The minimum atomic E-state index is -5.16. The number of carboxylic acid groups (broad SMARTS) is 1. The van der Waals surface area contributed by atoms with Gasteiger partial charge >= 0.3 is 17.8 Å². The molecule has 1 aromatic heterocycles. The van der Waals surface area contributed by atoms with Crippen LogP contribution in [-0.4, -0.2) is 37.5 Å². The lowest BCUT2D eigenvalue weighted by Gasteiger charge is -2.28. The molecule has 1 atom stereocenters. The van der Waals surface area contributed by atoms with Crippen molar-refractivity contribution in [1.29, 1.82) is 0 Å². The van der Waals surface area contributed by atoms with Crippen LogP contribution >= 0.6 is 0 Å². The first-order chi connectivity index (χ1) is 8.91. The highest BCUT2D eigenvalue weighted by atomic mass is 19.4. The van der Waals surface area contributed by atoms with Crippen LogP contribution in [0.5, 0.6) is 0 Å². The molecule has 20 heavy (non-hydrogen) atoms. The summed E-state index contributed by atoms with van der Waals surface area (Å²) in [5.41, 5.74) is -4.21. The summed E-state index contributed by atoms with van der Waals surface area (Å²) in [4.78, 5) is 20.8. The molecule has 0 bridgehead atoms. The molecule has 0 fully saturated rings. The number of aryl methyl sites for hydroxylation is 2. The SMILES string of the molecule is Cc1nn(C)c(NC(C)(C(=O)O)C(F)(F)F)c1[N+](=O)[O-]. The summed E-state index contributed by atoms with van der Waals surface area (Å²) in [6.07, 6.45) is -5.16. The zero-order valence-electron chi connectivity index (χ0n) is 10.6. The first-order valence-electron chi connectivity index (χ1n) is 5.18. The topological polar surface area (TPSA) is 110 Å². The fraction of sp³-hybridized carbons (Fsp3) is 0.556. The van der Waals surface area contributed by atoms with E-state index >= 15 is 0 Å². The molecule has 0 saturated heterocycles. The van der Waals surface area contributed by atoms with Gasteiger partial charge in [0.25, 0.3) is 0 Å². The third-order valence-corrected chi connectivity index (χ3v) is 2.74. The number of carboxylic acids is 1. The Bertz CT molecular complexity index is 568. The highest BCUT2D eigenvalue weighted by Crippen LogP contribution is 2.37. The Morgan fingerprint density at radius 1 is 1.50 bits per heavy atom. The third kappa shape index (κ3) is 2.38. The summed E-state index contributed by atoms with van der Waals surface area (Å²) >= 11 is 0. The van der Waals surface area contributed by atoms with Crippen molar-refractivity contribution in [1.82, 2.24) is 9.78 Å². The summed E-state index contributed by atoms with van der Waals surface area (Å²) in [5, 5.41) is 24.9. The minimum absolute atomic E-state index is 0.130. The van der Waals surface area contributed by atoms with Crippen molar-refractivity contribution < 1.29 is 28.0 Å². The van der Waals surface area contributed by atoms with Gasteiger partial charge in [0.05, 0.1) is 4.92 Å². The average molecular weight is 296 g/mol. The van der Waals surface area contributed by atoms with Crippen LogP contribution in [-0.2, 0) is 11.8 Å². The predicted molar refractivity (Wildman–Crippen MR) is 60.3 cm³/mol. The molecule has 0 aliphatic heterocycles. The fourth-order valence-electron chi connectivity index (χ4n) is 1.49. The second kappa shape index (κ2) is 4.65. The summed E-state index contributed by atoms with van der Waals surface area (Å²) < 4.78 is 39.4. The van der Waals surface area contributed by atoms with Crippen molar-refractivity contribution >= 4 is 17.5 Å². The number of nitrogens with zero attached hydrogens (tertiary/aromatic N) is 3. The summed E-state index contributed by atoms with van der Waals surface area (Å²) in [6, 6.07) is 0. The van der Waals surface area contributed by atoms with E-state index < -0.39 is 34.1 Å². The Morgan fingerprint density at radius 2 is 2.00 bits per heavy atom. The van der Waals surface area contributed by atoms with Crippen molar-refractivity contribution in [3.8, 4) is 0 Å². The van der Waals surface area contributed by atoms with Crippen LogP contribution in [0.25, 0.3) is 0 Å². The van der Waals surface area contributed by atoms with Gasteiger partial charge in [-0.3, -0.25) is 10.1 Å². The van der Waals surface area contributed by atoms with Crippen LogP contribution in [0.1, 0.15) is 12.6 Å². The van der Waals surface area contributed by atoms with Crippen LogP contribution in [0.4, 0.5) is 24.7 Å². The zero-order chi connectivity index (χ0) is 15.9. The van der Waals surface area contributed by atoms with Gasteiger partial charge in [-0.15, -0.1) is 0 Å². The molecule has 11 heteroatoms. The van der Waals surface area contributed by atoms with E-state index in [1.165, 1.54) is 14.0 Å². The first kappa shape index (κ1) is 15.7. The highest BCUT2D eigenvalue weighted by molar-refractivity contribution is 5.84. The number of hydrogen-bond donors (Lipinski definition) is 2. The number of alkyl halides is 3. The van der Waals surface area contributed by atoms with E-state index in [4.69, 9.17) is 5.11 Å². The molecule has 8 nitrogen and oxygen atoms in total. The van der Waals surface area contributed by atoms with Crippen LogP contribution in [0.2, 0.25) is 0 Å². The van der Waals surface area contributed by atoms with Crippen molar-refractivity contribution in [2.24, 2.45) is 7.05 Å². The molecule has 0 amide bonds. The molecule has 0 aliphatic carbocycles. The maximum Gasteiger partial charge on any atom is 0.422 e. The van der Waals surface area contributed by atoms with Crippen LogP contribution in [0, 0.1) is 17.0 Å². The molecular weight excluding hydrogens is 285 g/mol. The Morgan fingerprint density at radius 3 is 2.35 bits per heavy atom. The van der Waals surface area contributed by atoms with E-state index in [1.807, 2.05) is 0 Å². The van der Waals surface area contributed by atoms with E-state index in [2.05, 4.69) is 5.10 Å². The number of aromatic nitrogens is 2. The molecule has 2 N–H and O–H groups in total. The monoisotopic (exact) mass is 296 g/mol. The number of hydrogen-bond acceptors (Lipinski definition) is 5. The van der Waals surface area contributed by atoms with E-state index in [0.29, 0.717) is 6.92 Å². The first-order valence-corrected chi connectivity index (χ1v) is 5.18. The second-order valence-electron chi connectivity index (χ2n) is 4.22. The predicted octanol–water partition coefficient (Wildman–Crippen LogP) is 1.45. The number of aliphatic carboxylic acids is 1. The van der Waals surface area contributed by atoms with Gasteiger partial charge in [-0.25, -0.2) is 9.48 Å². The summed E-state index contributed by atoms with van der Waals surface area (Å²) in [7, 11) is 1.17. The number of nitro groups is 1. The molecule has 1 aromatic rings. The van der Waals surface area contributed by atoms with Crippen molar-refractivity contribution in [3.63, 3.8) is 0 Å². The van der Waals surface area contributed by atoms with Crippen LogP contribution in [0.15, 0.2) is 0 Å². The van der Waals surface area contributed by atoms with Gasteiger partial charge in [-0.1, -0.05) is 0 Å². The van der Waals surface area contributed by atoms with Gasteiger partial charge in [-0.2, -0.15) is 18.3 Å². The molecule has 0 aromatic carbocycles. The molecule has 0 spiro atoms. The molecular formula is C9H11F3N4O4. The van der Waals surface area contributed by atoms with E-state index in [0.717, 1.165) is 4.68 Å². The van der Waals surface area contributed by atoms with Crippen LogP contribution in [0.3, 0.4) is 0 Å². The zero-order valence-corrected chi connectivity index (χ0v) is 10.6. The molecule has 0 aliphatic rings. The van der Waals surface area contributed by atoms with E-state index in [1.54, 1.807) is 5.32 Å². The average Bonchev–Trinajstić information content (AvgIpc) is 2.51. The molecule has 1 unspecified atom stereocenters. The molecule has 0 radical (unpaired) electrons. The number of nitrogens with one attached hydrogen (secondary N) is 1. The number of carbonyl (C=O) groups is 1. The maximum atomic E-state index is 12.9. The smallest absolute Gasteiger partial charge is 0.422 e. The standard InChI is InChI=1S/C9H11F3N4O4/c1-4-5(16(19)20)6(15(3)14-4)13-8(2,7(17)18)9(10,11)12/h13H,1-3H3,(H,17,18). The van der Waals surface area contributed by atoms with Crippen molar-refractivity contribution in [2.75, 3.05) is 5.32 Å². The van der Waals surface area contributed by atoms with Crippen LogP contribution < -0.4 is 5.32 Å². The largest absolute Gasteiger partial charge is 0.479 e. The maximum absolute atomic E-state index is 12.9. The van der Waals surface area contributed by atoms with Gasteiger partial charge in [0.2, 0.25) is 11.4 Å².